The number of aromatic nitrogens is 4. The maximum Gasteiger partial charge on any atom is 0.322 e. The molecule has 0 aliphatic rings. The van der Waals surface area contributed by atoms with Gasteiger partial charge < -0.3 is 4.74 Å². The number of benzene rings is 2. The van der Waals surface area contributed by atoms with E-state index in [1.54, 1.807) is 47.4 Å². The van der Waals surface area contributed by atoms with E-state index in [2.05, 4.69) is 19.8 Å². The van der Waals surface area contributed by atoms with Crippen molar-refractivity contribution in [2.75, 3.05) is 4.72 Å². The molecule has 4 aromatic rings. The van der Waals surface area contributed by atoms with Crippen LogP contribution in [0, 0.1) is 0 Å². The predicted molar refractivity (Wildman–Crippen MR) is 103 cm³/mol. The summed E-state index contributed by atoms with van der Waals surface area (Å²) in [6.07, 6.45) is 6.12. The van der Waals surface area contributed by atoms with Crippen LogP contribution in [0.3, 0.4) is 0 Å². The first-order valence-corrected chi connectivity index (χ1v) is 9.76. The first kappa shape index (κ1) is 17.7. The number of para-hydroxylation sites is 1. The molecular formula is C19H15N5O3S. The first-order valence-electron chi connectivity index (χ1n) is 8.28. The fourth-order valence-electron chi connectivity index (χ4n) is 2.43. The molecule has 0 bridgehead atoms. The molecule has 8 nitrogen and oxygen atoms in total. The van der Waals surface area contributed by atoms with E-state index in [0.29, 0.717) is 5.75 Å². The zero-order chi connectivity index (χ0) is 19.4. The Labute approximate surface area is 161 Å². The standard InChI is InChI=1S/C19H15N5O3S/c25-28(26,18-9-7-16(8-10-18)24-12-4-11-22-24)23-15-13-20-19(21-14-15)27-17-5-2-1-3-6-17/h1-14,23H. The van der Waals surface area contributed by atoms with Crippen LogP contribution in [0.1, 0.15) is 0 Å². The molecule has 0 aliphatic carbocycles. The van der Waals surface area contributed by atoms with E-state index in [4.69, 9.17) is 4.74 Å². The highest BCUT2D eigenvalue weighted by Gasteiger charge is 2.15. The summed E-state index contributed by atoms with van der Waals surface area (Å²) in [5.74, 6) is 0.591. The molecule has 2 aromatic heterocycles. The molecule has 0 aliphatic heterocycles. The Balaban J connectivity index is 1.47. The average molecular weight is 393 g/mol. The second kappa shape index (κ2) is 7.49. The van der Waals surface area contributed by atoms with E-state index in [0.717, 1.165) is 5.69 Å². The summed E-state index contributed by atoms with van der Waals surface area (Å²) in [5, 5.41) is 4.11. The summed E-state index contributed by atoms with van der Waals surface area (Å²) < 4.78 is 34.7. The van der Waals surface area contributed by atoms with E-state index in [-0.39, 0.29) is 16.6 Å². The fraction of sp³-hybridized carbons (Fsp3) is 0. The molecule has 2 heterocycles. The second-order valence-electron chi connectivity index (χ2n) is 5.72. The molecule has 0 unspecified atom stereocenters. The second-order valence-corrected chi connectivity index (χ2v) is 7.40. The monoisotopic (exact) mass is 393 g/mol. The molecule has 0 radical (unpaired) electrons. The normalized spacial score (nSPS) is 11.1. The van der Waals surface area contributed by atoms with Crippen LogP contribution in [0.15, 0.2) is 90.3 Å². The highest BCUT2D eigenvalue weighted by molar-refractivity contribution is 7.92. The molecule has 1 N–H and O–H groups in total. The average Bonchev–Trinajstić information content (AvgIpc) is 3.25. The van der Waals surface area contributed by atoms with Crippen molar-refractivity contribution in [3.05, 3.63) is 85.5 Å². The van der Waals surface area contributed by atoms with Crippen molar-refractivity contribution in [1.82, 2.24) is 19.7 Å². The van der Waals surface area contributed by atoms with Crippen LogP contribution in [-0.4, -0.2) is 28.2 Å². The molecule has 0 atom stereocenters. The topological polar surface area (TPSA) is 99.0 Å². The number of nitrogens with zero attached hydrogens (tertiary/aromatic N) is 4. The molecule has 0 saturated carbocycles. The zero-order valence-corrected chi connectivity index (χ0v) is 15.3. The quantitative estimate of drug-likeness (QED) is 0.540. The highest BCUT2D eigenvalue weighted by Crippen LogP contribution is 2.20. The molecule has 0 fully saturated rings. The summed E-state index contributed by atoms with van der Waals surface area (Å²) in [6, 6.07) is 17.3. The third-order valence-electron chi connectivity index (χ3n) is 3.75. The number of hydrogen-bond acceptors (Lipinski definition) is 6. The maximum atomic E-state index is 12.6. The lowest BCUT2D eigenvalue weighted by Crippen LogP contribution is -2.13. The van der Waals surface area contributed by atoms with Gasteiger partial charge in [0.2, 0.25) is 0 Å². The third-order valence-corrected chi connectivity index (χ3v) is 5.15. The summed E-state index contributed by atoms with van der Waals surface area (Å²) >= 11 is 0. The minimum absolute atomic E-state index is 0.119. The van der Waals surface area contributed by atoms with Crippen molar-refractivity contribution in [3.8, 4) is 17.4 Å². The van der Waals surface area contributed by atoms with Crippen LogP contribution in [-0.2, 0) is 10.0 Å². The highest BCUT2D eigenvalue weighted by atomic mass is 32.2. The van der Waals surface area contributed by atoms with Crippen LogP contribution < -0.4 is 9.46 Å². The van der Waals surface area contributed by atoms with E-state index in [1.165, 1.54) is 24.5 Å². The molecule has 9 heteroatoms. The zero-order valence-electron chi connectivity index (χ0n) is 14.5. The molecule has 28 heavy (non-hydrogen) atoms. The number of hydrogen-bond donors (Lipinski definition) is 1. The predicted octanol–water partition coefficient (Wildman–Crippen LogP) is 3.26. The van der Waals surface area contributed by atoms with Gasteiger partial charge in [0.05, 0.1) is 28.7 Å². The molecule has 4 rings (SSSR count). The van der Waals surface area contributed by atoms with Crippen LogP contribution in [0.25, 0.3) is 5.69 Å². The smallest absolute Gasteiger partial charge is 0.322 e. The van der Waals surface area contributed by atoms with Crippen molar-refractivity contribution < 1.29 is 13.2 Å². The summed E-state index contributed by atoms with van der Waals surface area (Å²) in [5.41, 5.74) is 0.992. The van der Waals surface area contributed by atoms with Crippen LogP contribution >= 0.6 is 0 Å². The minimum atomic E-state index is -3.77. The van der Waals surface area contributed by atoms with Crippen molar-refractivity contribution in [2.24, 2.45) is 0 Å². The number of rotatable bonds is 6. The van der Waals surface area contributed by atoms with Crippen molar-refractivity contribution in [1.29, 1.82) is 0 Å². The molecule has 0 saturated heterocycles. The van der Waals surface area contributed by atoms with E-state index in [9.17, 15) is 8.42 Å². The Hall–Kier alpha value is -3.72. The lowest BCUT2D eigenvalue weighted by molar-refractivity contribution is 0.442. The van der Waals surface area contributed by atoms with Crippen molar-refractivity contribution >= 4 is 15.7 Å². The minimum Gasteiger partial charge on any atom is -0.424 e. The van der Waals surface area contributed by atoms with Gasteiger partial charge in [-0.15, -0.1) is 0 Å². The van der Waals surface area contributed by atoms with Gasteiger partial charge in [0.25, 0.3) is 10.0 Å². The Morgan fingerprint density at radius 3 is 2.25 bits per heavy atom. The SMILES string of the molecule is O=S(=O)(Nc1cnc(Oc2ccccc2)nc1)c1ccc(-n2cccn2)cc1. The van der Waals surface area contributed by atoms with Gasteiger partial charge in [-0.25, -0.2) is 23.1 Å². The van der Waals surface area contributed by atoms with E-state index >= 15 is 0 Å². The van der Waals surface area contributed by atoms with Crippen LogP contribution in [0.5, 0.6) is 11.8 Å². The van der Waals surface area contributed by atoms with E-state index in [1.807, 2.05) is 18.2 Å². The Kier molecular flexibility index (Phi) is 4.73. The van der Waals surface area contributed by atoms with E-state index < -0.39 is 10.0 Å². The van der Waals surface area contributed by atoms with Crippen LogP contribution in [0.2, 0.25) is 0 Å². The number of anilines is 1. The van der Waals surface area contributed by atoms with Gasteiger partial charge in [-0.2, -0.15) is 5.10 Å². The van der Waals surface area contributed by atoms with Gasteiger partial charge in [0.1, 0.15) is 5.75 Å². The molecule has 0 spiro atoms. The van der Waals surface area contributed by atoms with Crippen LogP contribution in [0.4, 0.5) is 5.69 Å². The van der Waals surface area contributed by atoms with Gasteiger partial charge >= 0.3 is 6.01 Å². The molecule has 140 valence electrons. The summed E-state index contributed by atoms with van der Waals surface area (Å²) in [6.45, 7) is 0. The lowest BCUT2D eigenvalue weighted by Gasteiger charge is -2.09. The molecule has 2 aromatic carbocycles. The lowest BCUT2D eigenvalue weighted by atomic mass is 10.3. The van der Waals surface area contributed by atoms with Gasteiger partial charge in [0, 0.05) is 12.4 Å². The number of sulfonamides is 1. The van der Waals surface area contributed by atoms with Crippen molar-refractivity contribution in [2.45, 2.75) is 4.90 Å². The first-order chi connectivity index (χ1) is 13.6. The Bertz CT molecular complexity index is 1140. The molecule has 0 amide bonds. The van der Waals surface area contributed by atoms with Gasteiger partial charge in [-0.1, -0.05) is 18.2 Å². The Morgan fingerprint density at radius 1 is 0.893 bits per heavy atom. The summed E-state index contributed by atoms with van der Waals surface area (Å²) in [7, 11) is -3.77. The molecular weight excluding hydrogens is 378 g/mol. The fourth-order valence-corrected chi connectivity index (χ4v) is 3.46. The Morgan fingerprint density at radius 2 is 1.61 bits per heavy atom. The number of nitrogens with one attached hydrogen (secondary N) is 1. The van der Waals surface area contributed by atoms with Gasteiger partial charge in [0.15, 0.2) is 0 Å². The summed E-state index contributed by atoms with van der Waals surface area (Å²) in [4.78, 5) is 8.17. The largest absolute Gasteiger partial charge is 0.424 e. The van der Waals surface area contributed by atoms with Crippen molar-refractivity contribution in [3.63, 3.8) is 0 Å². The number of ether oxygens (including phenoxy) is 1. The van der Waals surface area contributed by atoms with Gasteiger partial charge in [-0.05, 0) is 42.5 Å². The maximum absolute atomic E-state index is 12.6. The third kappa shape index (κ3) is 3.99. The van der Waals surface area contributed by atoms with Gasteiger partial charge in [-0.3, -0.25) is 4.72 Å².